The van der Waals surface area contributed by atoms with E-state index in [4.69, 9.17) is 0 Å². The molecule has 3 N–H and O–H groups in total. The molecule has 0 atom stereocenters. The molecule has 0 unspecified atom stereocenters. The molecule has 8 nitrogen and oxygen atoms in total. The number of nitrogens with zero attached hydrogens (tertiary/aromatic N) is 3. The van der Waals surface area contributed by atoms with Gasteiger partial charge in [-0.15, -0.1) is 0 Å². The van der Waals surface area contributed by atoms with Gasteiger partial charge in [-0.3, -0.25) is 25.4 Å². The van der Waals surface area contributed by atoms with Crippen molar-refractivity contribution < 1.29 is 9.59 Å². The van der Waals surface area contributed by atoms with Crippen molar-refractivity contribution in [2.45, 2.75) is 20.8 Å². The fraction of sp³-hybridized carbons (Fsp3) is 0.214. The van der Waals surface area contributed by atoms with Gasteiger partial charge in [0.25, 0.3) is 5.91 Å². The minimum atomic E-state index is -0.314. The minimum absolute atomic E-state index is 0.214. The minimum Gasteiger partial charge on any atom is -0.274 e. The van der Waals surface area contributed by atoms with Gasteiger partial charge in [-0.05, 0) is 26.0 Å². The maximum atomic E-state index is 11.9. The average molecular weight is 332 g/mol. The molecule has 0 aliphatic heterocycles. The number of anilines is 1. The van der Waals surface area contributed by atoms with Crippen molar-refractivity contribution in [2.24, 2.45) is 5.10 Å². The Balaban J connectivity index is 2.06. The number of nitrogens with one attached hydrogen (secondary N) is 3. The summed E-state index contributed by atoms with van der Waals surface area (Å²) < 4.78 is 0. The first-order chi connectivity index (χ1) is 11.0. The van der Waals surface area contributed by atoms with E-state index in [1.807, 2.05) is 6.92 Å². The quantitative estimate of drug-likeness (QED) is 0.567. The van der Waals surface area contributed by atoms with Crippen molar-refractivity contribution in [3.8, 4) is 0 Å². The Bertz CT molecular complexity index is 741. The van der Waals surface area contributed by atoms with Gasteiger partial charge in [0.05, 0.1) is 16.3 Å². The summed E-state index contributed by atoms with van der Waals surface area (Å²) in [5, 5.41) is 4.64. The van der Waals surface area contributed by atoms with E-state index in [0.29, 0.717) is 16.4 Å². The van der Waals surface area contributed by atoms with Crippen LogP contribution in [0.3, 0.4) is 0 Å². The summed E-state index contributed by atoms with van der Waals surface area (Å²) in [6.45, 7) is 5.00. The molecule has 0 saturated heterocycles. The van der Waals surface area contributed by atoms with Gasteiger partial charge < -0.3 is 0 Å². The van der Waals surface area contributed by atoms with Crippen LogP contribution in [0, 0.1) is 6.92 Å². The zero-order valence-corrected chi connectivity index (χ0v) is 13.7. The molecule has 2 aromatic rings. The number of hydrazine groups is 1. The van der Waals surface area contributed by atoms with Crippen LogP contribution in [-0.2, 0) is 4.79 Å². The lowest BCUT2D eigenvalue weighted by atomic mass is 10.2. The number of carbonyl (C=O) groups excluding carboxylic acids is 2. The molecular weight excluding hydrogens is 316 g/mol. The van der Waals surface area contributed by atoms with Crippen LogP contribution in [0.4, 0.5) is 5.13 Å². The third-order valence-electron chi connectivity index (χ3n) is 2.74. The predicted octanol–water partition coefficient (Wildman–Crippen LogP) is 1.46. The third kappa shape index (κ3) is 4.58. The molecule has 0 saturated carbocycles. The van der Waals surface area contributed by atoms with E-state index in [2.05, 4.69) is 31.3 Å². The summed E-state index contributed by atoms with van der Waals surface area (Å²) in [6, 6.07) is 3.21. The maximum Gasteiger partial charge on any atom is 0.271 e. The highest BCUT2D eigenvalue weighted by atomic mass is 32.1. The van der Waals surface area contributed by atoms with Crippen LogP contribution < -0.4 is 16.3 Å². The molecule has 2 aromatic heterocycles. The normalized spacial score (nSPS) is 11.0. The first-order valence-corrected chi connectivity index (χ1v) is 7.54. The van der Waals surface area contributed by atoms with Crippen LogP contribution in [0.2, 0.25) is 0 Å². The van der Waals surface area contributed by atoms with Gasteiger partial charge >= 0.3 is 0 Å². The number of thiazole rings is 1. The summed E-state index contributed by atoms with van der Waals surface area (Å²) >= 11 is 1.33. The van der Waals surface area contributed by atoms with Gasteiger partial charge in [0.1, 0.15) is 0 Å². The molecule has 0 bridgehead atoms. The average Bonchev–Trinajstić information content (AvgIpc) is 2.92. The summed E-state index contributed by atoms with van der Waals surface area (Å²) in [4.78, 5) is 31.8. The van der Waals surface area contributed by atoms with Gasteiger partial charge in [-0.1, -0.05) is 11.3 Å². The highest BCUT2D eigenvalue weighted by molar-refractivity contribution is 7.17. The van der Waals surface area contributed by atoms with Crippen molar-refractivity contribution in [3.05, 3.63) is 40.7 Å². The standard InChI is InChI=1S/C14H16N6O2S/c1-8-12(23-14(16-8)20-18-10(3)21)9(2)17-19-13(22)11-4-6-15-7-5-11/h4-7H,1-3H3,(H,16,20)(H,18,21)(H,19,22)/b17-9-. The summed E-state index contributed by atoms with van der Waals surface area (Å²) in [5.74, 6) is -0.528. The van der Waals surface area contributed by atoms with E-state index < -0.39 is 0 Å². The van der Waals surface area contributed by atoms with E-state index >= 15 is 0 Å². The first-order valence-electron chi connectivity index (χ1n) is 6.72. The second-order valence-corrected chi connectivity index (χ2v) is 5.61. The van der Waals surface area contributed by atoms with E-state index in [0.717, 1.165) is 10.6 Å². The molecule has 2 amide bonds. The third-order valence-corrected chi connectivity index (χ3v) is 3.92. The number of aromatic nitrogens is 2. The molecule has 0 spiro atoms. The molecule has 0 fully saturated rings. The predicted molar refractivity (Wildman–Crippen MR) is 88.2 cm³/mol. The van der Waals surface area contributed by atoms with Crippen LogP contribution in [0.5, 0.6) is 0 Å². The fourth-order valence-electron chi connectivity index (χ4n) is 1.68. The molecule has 0 aromatic carbocycles. The van der Waals surface area contributed by atoms with Crippen molar-refractivity contribution in [1.29, 1.82) is 0 Å². The largest absolute Gasteiger partial charge is 0.274 e. The van der Waals surface area contributed by atoms with E-state index in [-0.39, 0.29) is 11.8 Å². The Morgan fingerprint density at radius 3 is 2.57 bits per heavy atom. The number of aryl methyl sites for hydroxylation is 1. The Kier molecular flexibility index (Phi) is 5.36. The molecule has 0 radical (unpaired) electrons. The van der Waals surface area contributed by atoms with Crippen molar-refractivity contribution in [2.75, 3.05) is 5.43 Å². The topological polar surface area (TPSA) is 108 Å². The Hall–Kier alpha value is -2.81. The Labute approximate surface area is 137 Å². The molecule has 2 rings (SSSR count). The summed E-state index contributed by atoms with van der Waals surface area (Å²) in [5.41, 5.74) is 9.51. The second-order valence-electron chi connectivity index (χ2n) is 4.61. The highest BCUT2D eigenvalue weighted by Crippen LogP contribution is 2.22. The van der Waals surface area contributed by atoms with E-state index in [9.17, 15) is 9.59 Å². The van der Waals surface area contributed by atoms with Crippen LogP contribution in [-0.4, -0.2) is 27.5 Å². The zero-order valence-electron chi connectivity index (χ0n) is 12.9. The second kappa shape index (κ2) is 7.45. The van der Waals surface area contributed by atoms with Crippen LogP contribution in [0.15, 0.2) is 29.6 Å². The number of hydrogen-bond acceptors (Lipinski definition) is 7. The van der Waals surface area contributed by atoms with Crippen molar-refractivity contribution >= 4 is 34.0 Å². The molecule has 9 heteroatoms. The fourth-order valence-corrected chi connectivity index (χ4v) is 2.54. The van der Waals surface area contributed by atoms with Crippen LogP contribution in [0.25, 0.3) is 0 Å². The molecule has 0 aliphatic rings. The smallest absolute Gasteiger partial charge is 0.271 e. The van der Waals surface area contributed by atoms with Crippen LogP contribution in [0.1, 0.15) is 34.8 Å². The van der Waals surface area contributed by atoms with Crippen molar-refractivity contribution in [1.82, 2.24) is 20.8 Å². The lowest BCUT2D eigenvalue weighted by Crippen LogP contribution is -2.26. The van der Waals surface area contributed by atoms with Gasteiger partial charge in [0, 0.05) is 24.9 Å². The number of hydrogen-bond donors (Lipinski definition) is 3. The van der Waals surface area contributed by atoms with E-state index in [1.165, 1.54) is 18.3 Å². The van der Waals surface area contributed by atoms with Crippen molar-refractivity contribution in [3.63, 3.8) is 0 Å². The summed E-state index contributed by atoms with van der Waals surface area (Å²) in [7, 11) is 0. The first kappa shape index (κ1) is 16.6. The van der Waals surface area contributed by atoms with Gasteiger partial charge in [-0.2, -0.15) is 5.10 Å². The number of rotatable bonds is 5. The SMILES string of the molecule is CC(=O)NNc1nc(C)c(/C(C)=N\NC(=O)c2ccncc2)s1. The summed E-state index contributed by atoms with van der Waals surface area (Å²) in [6.07, 6.45) is 3.08. The molecule has 23 heavy (non-hydrogen) atoms. The zero-order chi connectivity index (χ0) is 16.8. The number of pyridine rings is 1. The van der Waals surface area contributed by atoms with Gasteiger partial charge in [0.15, 0.2) is 0 Å². The monoisotopic (exact) mass is 332 g/mol. The number of amides is 2. The molecule has 0 aliphatic carbocycles. The Morgan fingerprint density at radius 2 is 1.91 bits per heavy atom. The molecular formula is C14H16N6O2S. The maximum absolute atomic E-state index is 11.9. The number of hydrazone groups is 1. The van der Waals surface area contributed by atoms with Gasteiger partial charge in [0.2, 0.25) is 11.0 Å². The van der Waals surface area contributed by atoms with Gasteiger partial charge in [-0.25, -0.2) is 10.4 Å². The van der Waals surface area contributed by atoms with Crippen LogP contribution >= 0.6 is 11.3 Å². The molecule has 2 heterocycles. The number of carbonyl (C=O) groups is 2. The lowest BCUT2D eigenvalue weighted by molar-refractivity contribution is -0.118. The highest BCUT2D eigenvalue weighted by Gasteiger charge is 2.11. The lowest BCUT2D eigenvalue weighted by Gasteiger charge is -2.01. The van der Waals surface area contributed by atoms with E-state index in [1.54, 1.807) is 31.5 Å². The Morgan fingerprint density at radius 1 is 1.22 bits per heavy atom. The molecule has 120 valence electrons.